The molecular formula is C26H42O11. The number of aliphatic hydroxyl groups is 3. The van der Waals surface area contributed by atoms with Crippen LogP contribution in [0, 0.1) is 6.92 Å². The van der Waals surface area contributed by atoms with Gasteiger partial charge in [0.2, 0.25) is 6.29 Å². The van der Waals surface area contributed by atoms with Gasteiger partial charge in [-0.25, -0.2) is 0 Å². The van der Waals surface area contributed by atoms with E-state index in [4.69, 9.17) is 37.9 Å². The third-order valence-electron chi connectivity index (χ3n) is 6.95. The van der Waals surface area contributed by atoms with Gasteiger partial charge in [-0.05, 0) is 30.0 Å². The first-order valence-electron chi connectivity index (χ1n) is 12.5. The molecule has 11 heteroatoms. The molecule has 0 aromatic heterocycles. The highest BCUT2D eigenvalue weighted by atomic mass is 16.7. The predicted octanol–water partition coefficient (Wildman–Crippen LogP) is 0.738. The Kier molecular flexibility index (Phi) is 11.1. The quantitative estimate of drug-likeness (QED) is 0.374. The number of aryl methyl sites for hydroxylation is 1. The van der Waals surface area contributed by atoms with Crippen molar-refractivity contribution in [1.29, 1.82) is 0 Å². The van der Waals surface area contributed by atoms with E-state index in [1.807, 2.05) is 25.1 Å². The molecule has 2 saturated heterocycles. The lowest BCUT2D eigenvalue weighted by atomic mass is 9.97. The minimum Gasteiger partial charge on any atom is -0.462 e. The third-order valence-corrected chi connectivity index (χ3v) is 6.95. The molecule has 2 heterocycles. The molecule has 2 fully saturated rings. The molecule has 1 aromatic carbocycles. The van der Waals surface area contributed by atoms with E-state index in [9.17, 15) is 15.3 Å². The zero-order valence-electron chi connectivity index (χ0n) is 22.6. The van der Waals surface area contributed by atoms with Gasteiger partial charge in [-0.15, -0.1) is 0 Å². The molecule has 0 spiro atoms. The smallest absolute Gasteiger partial charge is 0.229 e. The number of rotatable bonds is 11. The summed E-state index contributed by atoms with van der Waals surface area (Å²) < 4.78 is 46.0. The molecule has 0 bridgehead atoms. The zero-order chi connectivity index (χ0) is 27.3. The highest BCUT2D eigenvalue weighted by molar-refractivity contribution is 5.38. The topological polar surface area (TPSA) is 135 Å². The minimum absolute atomic E-state index is 0.186. The Morgan fingerprint density at radius 1 is 0.784 bits per heavy atom. The number of hydrogen-bond donors (Lipinski definition) is 3. The number of methoxy groups -OCH3 is 4. The van der Waals surface area contributed by atoms with Crippen molar-refractivity contribution in [3.8, 4) is 5.75 Å². The van der Waals surface area contributed by atoms with Crippen LogP contribution in [-0.4, -0.2) is 118 Å². The number of aliphatic hydroxyl groups excluding tert-OH is 3. The molecule has 0 amide bonds. The van der Waals surface area contributed by atoms with Crippen molar-refractivity contribution in [3.63, 3.8) is 0 Å². The van der Waals surface area contributed by atoms with Crippen LogP contribution in [-0.2, 0) is 33.2 Å². The van der Waals surface area contributed by atoms with Crippen molar-refractivity contribution in [2.24, 2.45) is 0 Å². The second kappa shape index (κ2) is 13.6. The van der Waals surface area contributed by atoms with E-state index in [0.717, 1.165) is 11.1 Å². The highest BCUT2D eigenvalue weighted by Crippen LogP contribution is 2.31. The molecule has 212 valence electrons. The van der Waals surface area contributed by atoms with E-state index in [1.165, 1.54) is 7.11 Å². The van der Waals surface area contributed by atoms with Gasteiger partial charge in [-0.1, -0.05) is 26.0 Å². The summed E-state index contributed by atoms with van der Waals surface area (Å²) in [6.07, 6.45) is -9.75. The maximum absolute atomic E-state index is 10.6. The summed E-state index contributed by atoms with van der Waals surface area (Å²) in [6, 6.07) is 5.81. The van der Waals surface area contributed by atoms with Crippen LogP contribution in [0.4, 0.5) is 0 Å². The van der Waals surface area contributed by atoms with Crippen LogP contribution in [0.1, 0.15) is 30.9 Å². The molecule has 3 rings (SSSR count). The monoisotopic (exact) mass is 530 g/mol. The molecule has 3 N–H and O–H groups in total. The zero-order valence-corrected chi connectivity index (χ0v) is 22.6. The Bertz CT molecular complexity index is 837. The SMILES string of the molecule is COC[C@H]1O[C@@H](OC[C@H]2O[C@@H](Oc3cc(C(C)C)ccc3C)[C@H](O)[C@@H](O)[C@@H]2O)[C@@H](OC)[C@@H](OC)[C@@H]1OC. The van der Waals surface area contributed by atoms with Gasteiger partial charge in [-0.2, -0.15) is 0 Å². The molecule has 10 atom stereocenters. The summed E-state index contributed by atoms with van der Waals surface area (Å²) in [7, 11) is 6.14. The van der Waals surface area contributed by atoms with Crippen LogP contribution < -0.4 is 4.74 Å². The van der Waals surface area contributed by atoms with Gasteiger partial charge in [0.25, 0.3) is 0 Å². The van der Waals surface area contributed by atoms with Crippen LogP contribution in [0.25, 0.3) is 0 Å². The summed E-state index contributed by atoms with van der Waals surface area (Å²) >= 11 is 0. The van der Waals surface area contributed by atoms with Crippen molar-refractivity contribution < 1.29 is 53.2 Å². The lowest BCUT2D eigenvalue weighted by molar-refractivity contribution is -0.330. The van der Waals surface area contributed by atoms with Gasteiger partial charge in [0.05, 0.1) is 13.2 Å². The van der Waals surface area contributed by atoms with Crippen LogP contribution in [0.15, 0.2) is 18.2 Å². The molecule has 0 aliphatic carbocycles. The fourth-order valence-electron chi connectivity index (χ4n) is 4.68. The predicted molar refractivity (Wildman–Crippen MR) is 131 cm³/mol. The molecule has 0 radical (unpaired) electrons. The van der Waals surface area contributed by atoms with Gasteiger partial charge in [-0.3, -0.25) is 0 Å². The van der Waals surface area contributed by atoms with Gasteiger partial charge in [0.1, 0.15) is 54.6 Å². The van der Waals surface area contributed by atoms with Crippen LogP contribution in [0.2, 0.25) is 0 Å². The lowest BCUT2D eigenvalue weighted by Gasteiger charge is -2.45. The van der Waals surface area contributed by atoms with Crippen LogP contribution >= 0.6 is 0 Å². The molecule has 0 saturated carbocycles. The van der Waals surface area contributed by atoms with Crippen molar-refractivity contribution in [2.75, 3.05) is 41.7 Å². The van der Waals surface area contributed by atoms with Crippen molar-refractivity contribution in [3.05, 3.63) is 29.3 Å². The first-order chi connectivity index (χ1) is 17.7. The van der Waals surface area contributed by atoms with Crippen LogP contribution in [0.5, 0.6) is 5.75 Å². The summed E-state index contributed by atoms with van der Waals surface area (Å²) in [4.78, 5) is 0. The van der Waals surface area contributed by atoms with Crippen molar-refractivity contribution in [2.45, 2.75) is 88.1 Å². The fourth-order valence-corrected chi connectivity index (χ4v) is 4.68. The minimum atomic E-state index is -1.52. The maximum atomic E-state index is 10.6. The summed E-state index contributed by atoms with van der Waals surface area (Å²) in [5.41, 5.74) is 1.90. The molecule has 2 aliphatic rings. The lowest BCUT2D eigenvalue weighted by Crippen LogP contribution is -2.63. The van der Waals surface area contributed by atoms with Crippen molar-refractivity contribution >= 4 is 0 Å². The molecule has 1 aromatic rings. The van der Waals surface area contributed by atoms with Gasteiger partial charge >= 0.3 is 0 Å². The molecular weight excluding hydrogens is 488 g/mol. The summed E-state index contributed by atoms with van der Waals surface area (Å²) in [6.45, 7) is 6.05. The first-order valence-corrected chi connectivity index (χ1v) is 12.5. The summed E-state index contributed by atoms with van der Waals surface area (Å²) in [5, 5.41) is 31.7. The molecule has 37 heavy (non-hydrogen) atoms. The van der Waals surface area contributed by atoms with Crippen molar-refractivity contribution in [1.82, 2.24) is 0 Å². The standard InChI is InChI=1S/C26H42O11/c1-13(2)15-9-8-14(3)16(10-15)35-25-21(29)20(28)19(27)17(36-25)12-34-26-24(33-7)23(32-6)22(31-5)18(37-26)11-30-4/h8-10,13,17-29H,11-12H2,1-7H3/t17-,18-,19-,20+,21-,22-,23+,24+,25-,26-/m1/s1. The first kappa shape index (κ1) is 30.2. The average Bonchev–Trinajstić information content (AvgIpc) is 2.88. The Balaban J connectivity index is 1.73. The Hall–Kier alpha value is -1.38. The number of hydrogen-bond acceptors (Lipinski definition) is 11. The molecule has 11 nitrogen and oxygen atoms in total. The van der Waals surface area contributed by atoms with E-state index in [-0.39, 0.29) is 19.1 Å². The average molecular weight is 531 g/mol. The Morgan fingerprint density at radius 2 is 1.43 bits per heavy atom. The maximum Gasteiger partial charge on any atom is 0.229 e. The second-order valence-electron chi connectivity index (χ2n) is 9.74. The Labute approximate surface area is 218 Å². The molecule has 2 aliphatic heterocycles. The van der Waals surface area contributed by atoms with Gasteiger partial charge < -0.3 is 53.2 Å². The molecule has 0 unspecified atom stereocenters. The number of ether oxygens (including phenoxy) is 8. The number of benzene rings is 1. The largest absolute Gasteiger partial charge is 0.462 e. The third kappa shape index (κ3) is 6.80. The second-order valence-corrected chi connectivity index (χ2v) is 9.74. The highest BCUT2D eigenvalue weighted by Gasteiger charge is 2.49. The van der Waals surface area contributed by atoms with Crippen LogP contribution in [0.3, 0.4) is 0 Å². The fraction of sp³-hybridized carbons (Fsp3) is 0.769. The van der Waals surface area contributed by atoms with Gasteiger partial charge in [0.15, 0.2) is 6.29 Å². The van der Waals surface area contributed by atoms with Gasteiger partial charge in [0, 0.05) is 28.4 Å². The van der Waals surface area contributed by atoms with E-state index in [0.29, 0.717) is 5.75 Å². The summed E-state index contributed by atoms with van der Waals surface area (Å²) in [5.74, 6) is 0.790. The Morgan fingerprint density at radius 3 is 2.03 bits per heavy atom. The van der Waals surface area contributed by atoms with E-state index in [1.54, 1.807) is 21.3 Å². The van der Waals surface area contributed by atoms with E-state index >= 15 is 0 Å². The van der Waals surface area contributed by atoms with E-state index < -0.39 is 61.4 Å². The normalized spacial score (nSPS) is 36.6. The van der Waals surface area contributed by atoms with E-state index in [2.05, 4.69) is 13.8 Å².